The second-order valence-electron chi connectivity index (χ2n) is 17.6. The zero-order valence-corrected chi connectivity index (χ0v) is 40.4. The number of hydrogen-bond acceptors (Lipinski definition) is 9. The Morgan fingerprint density at radius 2 is 1.30 bits per heavy atom. The smallest absolute Gasteiger partial charge is 0.297 e. The van der Waals surface area contributed by atoms with Crippen molar-refractivity contribution in [1.29, 1.82) is 0 Å². The molecule has 0 amide bonds. The highest BCUT2D eigenvalue weighted by Gasteiger charge is 2.46. The van der Waals surface area contributed by atoms with E-state index in [9.17, 15) is 16.8 Å². The first-order valence-electron chi connectivity index (χ1n) is 21.7. The first kappa shape index (κ1) is 46.8. The molecular formula is C50H60ClN2O8S2+. The number of benzene rings is 4. The van der Waals surface area contributed by atoms with Crippen molar-refractivity contribution in [3.05, 3.63) is 118 Å². The van der Waals surface area contributed by atoms with E-state index in [2.05, 4.69) is 75.3 Å². The topological polar surface area (TPSA) is 111 Å². The van der Waals surface area contributed by atoms with Crippen molar-refractivity contribution in [2.75, 3.05) is 45.4 Å². The van der Waals surface area contributed by atoms with E-state index in [0.29, 0.717) is 10.8 Å². The zero-order chi connectivity index (χ0) is 45.6. The second kappa shape index (κ2) is 18.0. The van der Waals surface area contributed by atoms with Crippen molar-refractivity contribution in [2.24, 2.45) is 0 Å². The monoisotopic (exact) mass is 915 g/mol. The summed E-state index contributed by atoms with van der Waals surface area (Å²) >= 11 is 7.31. The van der Waals surface area contributed by atoms with Crippen molar-refractivity contribution in [3.8, 4) is 0 Å². The summed E-state index contributed by atoms with van der Waals surface area (Å²) < 4.78 is 77.7. The summed E-state index contributed by atoms with van der Waals surface area (Å²) in [6.45, 7) is 18.1. The summed E-state index contributed by atoms with van der Waals surface area (Å²) in [5.41, 5.74) is 7.62. The third kappa shape index (κ3) is 8.49. The van der Waals surface area contributed by atoms with Gasteiger partial charge in [0.15, 0.2) is 5.71 Å². The van der Waals surface area contributed by atoms with Gasteiger partial charge in [0.25, 0.3) is 20.2 Å². The van der Waals surface area contributed by atoms with Crippen LogP contribution in [0.25, 0.3) is 21.5 Å². The highest BCUT2D eigenvalue weighted by atomic mass is 35.5. The number of likely N-dealkylation sites (N-methyl/N-ethyl adjacent to an activating group) is 1. The normalized spacial score (nSPS) is 19.9. The lowest BCUT2D eigenvalue weighted by molar-refractivity contribution is -0.433. The standard InChI is InChI=1S/C50H60ClN2O8S2/c1-11-52-40-26-24-36-38(18-14-20-42(36)62(54,55)60-32(3)30-58-9)46(40)49(5,6)44(52)28-22-34-16-13-17-35(48(34)51)23-29-45-50(7,8)47-39-19-15-21-43(63(56,57)61-33(4)31-59-10)37(39)25-27-41(47)53(45)12-2/h14-15,18-29,32-33H,11-13,16-17,30-31H2,1-10H3/q+1. The Bertz CT molecular complexity index is 2860. The van der Waals surface area contributed by atoms with Crippen molar-refractivity contribution < 1.29 is 39.3 Å². The number of ether oxygens (including phenoxy) is 2. The fourth-order valence-electron chi connectivity index (χ4n) is 9.93. The maximum atomic E-state index is 13.5. The molecule has 0 fully saturated rings. The van der Waals surface area contributed by atoms with E-state index in [-0.39, 0.29) is 23.0 Å². The minimum Gasteiger partial charge on any atom is -0.382 e. The van der Waals surface area contributed by atoms with E-state index >= 15 is 0 Å². The van der Waals surface area contributed by atoms with Crippen LogP contribution in [0.3, 0.4) is 0 Å². The third-order valence-corrected chi connectivity index (χ3v) is 16.0. The van der Waals surface area contributed by atoms with Gasteiger partial charge in [-0.05, 0) is 119 Å². The summed E-state index contributed by atoms with van der Waals surface area (Å²) in [4.78, 5) is 2.58. The lowest BCUT2D eigenvalue weighted by Gasteiger charge is -2.26. The molecule has 7 rings (SSSR count). The number of hydrogen-bond donors (Lipinski definition) is 0. The Labute approximate surface area is 378 Å². The fraction of sp³-hybridized carbons (Fsp3) is 0.420. The van der Waals surface area contributed by atoms with Gasteiger partial charge in [-0.1, -0.05) is 67.9 Å². The molecule has 4 aromatic rings. The Morgan fingerprint density at radius 1 is 0.730 bits per heavy atom. The maximum absolute atomic E-state index is 13.5. The Kier molecular flexibility index (Phi) is 13.4. The van der Waals surface area contributed by atoms with Crippen molar-refractivity contribution in [1.82, 2.24) is 0 Å². The first-order valence-corrected chi connectivity index (χ1v) is 24.9. The number of fused-ring (bicyclic) bond motifs is 6. The van der Waals surface area contributed by atoms with E-state index in [1.165, 1.54) is 14.2 Å². The van der Waals surface area contributed by atoms with Crippen molar-refractivity contribution in [3.63, 3.8) is 0 Å². The minimum absolute atomic E-state index is 0.140. The van der Waals surface area contributed by atoms with E-state index in [1.807, 2.05) is 36.4 Å². The highest BCUT2D eigenvalue weighted by molar-refractivity contribution is 7.87. The van der Waals surface area contributed by atoms with E-state index in [0.717, 1.165) is 93.2 Å². The number of methoxy groups -OCH3 is 2. The number of nitrogens with zero attached hydrogens (tertiary/aromatic N) is 2. The van der Waals surface area contributed by atoms with Gasteiger partial charge in [-0.15, -0.1) is 0 Å². The average molecular weight is 917 g/mol. The van der Waals surface area contributed by atoms with Gasteiger partial charge in [-0.25, -0.2) is 0 Å². The van der Waals surface area contributed by atoms with Crippen LogP contribution in [0.4, 0.5) is 11.4 Å². The van der Waals surface area contributed by atoms with Gasteiger partial charge in [0.2, 0.25) is 5.69 Å². The predicted octanol–water partition coefficient (Wildman–Crippen LogP) is 10.7. The molecule has 0 bridgehead atoms. The predicted molar refractivity (Wildman–Crippen MR) is 254 cm³/mol. The molecule has 2 unspecified atom stereocenters. The first-order chi connectivity index (χ1) is 29.8. The second-order valence-corrected chi connectivity index (χ2v) is 21.1. The quantitative estimate of drug-likeness (QED) is 0.0850. The van der Waals surface area contributed by atoms with Crippen LogP contribution >= 0.6 is 11.6 Å². The third-order valence-electron chi connectivity index (χ3n) is 12.6. The molecule has 13 heteroatoms. The van der Waals surface area contributed by atoms with E-state index in [4.69, 9.17) is 29.4 Å². The average Bonchev–Trinajstić information content (AvgIpc) is 3.60. The molecule has 0 N–H and O–H groups in total. The largest absolute Gasteiger partial charge is 0.382 e. The van der Waals surface area contributed by atoms with Crippen molar-refractivity contribution >= 4 is 70.5 Å². The van der Waals surface area contributed by atoms with Crippen LogP contribution in [0.5, 0.6) is 0 Å². The van der Waals surface area contributed by atoms with Gasteiger partial charge in [-0.2, -0.15) is 21.4 Å². The van der Waals surface area contributed by atoms with Gasteiger partial charge >= 0.3 is 0 Å². The fourth-order valence-corrected chi connectivity index (χ4v) is 12.8. The summed E-state index contributed by atoms with van der Waals surface area (Å²) in [6.07, 6.45) is 10.0. The molecule has 1 aliphatic carbocycles. The van der Waals surface area contributed by atoms with Gasteiger partial charge in [0, 0.05) is 71.1 Å². The number of allylic oxidation sites excluding steroid dienone is 8. The van der Waals surface area contributed by atoms with E-state index in [1.54, 1.807) is 38.1 Å². The van der Waals surface area contributed by atoms with Gasteiger partial charge < -0.3 is 14.4 Å². The molecule has 10 nitrogen and oxygen atoms in total. The van der Waals surface area contributed by atoms with Crippen molar-refractivity contribution in [2.45, 2.75) is 107 Å². The lowest BCUT2D eigenvalue weighted by Crippen LogP contribution is -2.28. The molecule has 0 saturated carbocycles. The summed E-state index contributed by atoms with van der Waals surface area (Å²) in [5, 5.41) is 3.73. The van der Waals surface area contributed by atoms with E-state index < -0.39 is 43.3 Å². The van der Waals surface area contributed by atoms with Crippen LogP contribution in [0, 0.1) is 0 Å². The molecule has 0 radical (unpaired) electrons. The van der Waals surface area contributed by atoms with Crippen LogP contribution in [-0.2, 0) is 48.9 Å². The lowest BCUT2D eigenvalue weighted by atomic mass is 9.78. The summed E-state index contributed by atoms with van der Waals surface area (Å²) in [7, 11) is -5.09. The molecular weight excluding hydrogens is 856 g/mol. The molecule has 2 aliphatic heterocycles. The molecule has 63 heavy (non-hydrogen) atoms. The molecule has 0 spiro atoms. The SMILES string of the molecule is CCN1C(=CC=C2CCCC(C=CC3=[N+](CC)c4ccc5c(S(=O)(=O)OC(C)COC)cccc5c4C3(C)C)=C2Cl)C(C)(C)c2c1ccc1c(S(=O)(=O)OC(C)COC)cccc21. The number of halogens is 1. The van der Waals surface area contributed by atoms with Gasteiger partial charge in [-0.3, -0.25) is 8.37 Å². The Balaban J connectivity index is 1.22. The zero-order valence-electron chi connectivity index (χ0n) is 38.0. The Hall–Kier alpha value is -4.14. The van der Waals surface area contributed by atoms with Crippen LogP contribution in [0.1, 0.15) is 85.8 Å². The maximum Gasteiger partial charge on any atom is 0.297 e. The molecule has 0 aromatic heterocycles. The molecule has 2 heterocycles. The van der Waals surface area contributed by atoms with Crippen LogP contribution in [0.15, 0.2) is 117 Å². The van der Waals surface area contributed by atoms with Crippen LogP contribution in [0.2, 0.25) is 0 Å². The van der Waals surface area contributed by atoms with Crippen LogP contribution in [-0.4, -0.2) is 79.9 Å². The van der Waals surface area contributed by atoms with Gasteiger partial charge in [0.1, 0.15) is 16.3 Å². The van der Waals surface area contributed by atoms with Gasteiger partial charge in [0.05, 0.1) is 30.8 Å². The number of rotatable bonds is 15. The molecule has 4 aromatic carbocycles. The molecule has 3 aliphatic rings. The minimum atomic E-state index is -4.06. The summed E-state index contributed by atoms with van der Waals surface area (Å²) in [5.74, 6) is 0. The molecule has 336 valence electrons. The van der Waals surface area contributed by atoms with Crippen LogP contribution < -0.4 is 4.90 Å². The highest BCUT2D eigenvalue weighted by Crippen LogP contribution is 2.52. The summed E-state index contributed by atoms with van der Waals surface area (Å²) in [6, 6.07) is 18.6. The molecule has 2 atom stereocenters. The number of anilines is 1. The Morgan fingerprint density at radius 3 is 1.86 bits per heavy atom. The molecule has 0 saturated heterocycles.